The molecule has 0 aliphatic heterocycles. The molecular weight excluding hydrogens is 297 g/mol. The van der Waals surface area contributed by atoms with E-state index in [-0.39, 0.29) is 17.4 Å². The molecule has 0 saturated carbocycles. The molecule has 1 aromatic carbocycles. The van der Waals surface area contributed by atoms with E-state index in [1.54, 1.807) is 18.2 Å². The van der Waals surface area contributed by atoms with E-state index in [1.165, 1.54) is 18.5 Å². The zero-order chi connectivity index (χ0) is 16.7. The molecule has 2 N–H and O–H groups in total. The van der Waals surface area contributed by atoms with E-state index in [2.05, 4.69) is 20.6 Å². The Balaban J connectivity index is 1.96. The largest absolute Gasteiger partial charge is 0.351 e. The monoisotopic (exact) mass is 317 g/mol. The molecule has 6 nitrogen and oxygen atoms in total. The highest BCUT2D eigenvalue weighted by molar-refractivity contribution is 5.92. The van der Waals surface area contributed by atoms with Crippen LogP contribution in [0, 0.1) is 5.82 Å². The van der Waals surface area contributed by atoms with Crippen LogP contribution in [-0.2, 0) is 0 Å². The van der Waals surface area contributed by atoms with Crippen molar-refractivity contribution in [3.8, 4) is 0 Å². The molecule has 0 spiro atoms. The first kappa shape index (κ1) is 16.8. The molecule has 2 rings (SSSR count). The van der Waals surface area contributed by atoms with Crippen molar-refractivity contribution in [2.75, 3.05) is 32.5 Å². The predicted molar refractivity (Wildman–Crippen MR) is 87.2 cm³/mol. The number of nitrogens with zero attached hydrogens (tertiary/aromatic N) is 3. The maximum absolute atomic E-state index is 13.6. The molecule has 7 heteroatoms. The summed E-state index contributed by atoms with van der Waals surface area (Å²) in [6, 6.07) is 7.76. The van der Waals surface area contributed by atoms with Crippen LogP contribution in [0.25, 0.3) is 0 Å². The summed E-state index contributed by atoms with van der Waals surface area (Å²) in [5, 5.41) is 5.64. The van der Waals surface area contributed by atoms with Gasteiger partial charge in [-0.25, -0.2) is 14.4 Å². The van der Waals surface area contributed by atoms with Crippen molar-refractivity contribution in [2.24, 2.45) is 0 Å². The van der Waals surface area contributed by atoms with Crippen molar-refractivity contribution < 1.29 is 9.18 Å². The van der Waals surface area contributed by atoms with Crippen LogP contribution in [0.4, 0.5) is 15.9 Å². The lowest BCUT2D eigenvalue weighted by atomic mass is 10.3. The van der Waals surface area contributed by atoms with Crippen molar-refractivity contribution in [3.63, 3.8) is 0 Å². The van der Waals surface area contributed by atoms with E-state index < -0.39 is 0 Å². The van der Waals surface area contributed by atoms with Crippen molar-refractivity contribution in [2.45, 2.75) is 6.42 Å². The van der Waals surface area contributed by atoms with Crippen LogP contribution in [0.3, 0.4) is 0 Å². The predicted octanol–water partition coefficient (Wildman–Crippen LogP) is 2.04. The Labute approximate surface area is 134 Å². The molecule has 1 aromatic heterocycles. The summed E-state index contributed by atoms with van der Waals surface area (Å²) in [6.07, 6.45) is 2.13. The van der Waals surface area contributed by atoms with Gasteiger partial charge in [0.1, 0.15) is 23.7 Å². The Kier molecular flexibility index (Phi) is 5.99. The normalized spacial score (nSPS) is 10.6. The molecule has 0 unspecified atom stereocenters. The van der Waals surface area contributed by atoms with E-state index in [1.807, 2.05) is 19.0 Å². The lowest BCUT2D eigenvalue weighted by molar-refractivity contribution is 0.0947. The summed E-state index contributed by atoms with van der Waals surface area (Å²) in [4.78, 5) is 22.0. The standard InChI is InChI=1S/C16H20FN5O/c1-22(2)9-5-8-18-16(23)14-10-15(20-11-19-14)21-13-7-4-3-6-12(13)17/h3-4,6-7,10-11H,5,8-9H2,1-2H3,(H,18,23)(H,19,20,21). The van der Waals surface area contributed by atoms with Gasteiger partial charge in [0, 0.05) is 12.6 Å². The second kappa shape index (κ2) is 8.19. The zero-order valence-corrected chi connectivity index (χ0v) is 13.2. The molecule has 1 amide bonds. The van der Waals surface area contributed by atoms with Crippen LogP contribution in [0.15, 0.2) is 36.7 Å². The SMILES string of the molecule is CN(C)CCCNC(=O)c1cc(Nc2ccccc2F)ncn1. The number of anilines is 2. The van der Waals surface area contributed by atoms with Crippen molar-refractivity contribution in [3.05, 3.63) is 48.2 Å². The van der Waals surface area contributed by atoms with Gasteiger partial charge in [-0.2, -0.15) is 0 Å². The van der Waals surface area contributed by atoms with Gasteiger partial charge in [-0.15, -0.1) is 0 Å². The third-order valence-electron chi connectivity index (χ3n) is 3.10. The minimum atomic E-state index is -0.388. The third-order valence-corrected chi connectivity index (χ3v) is 3.10. The van der Waals surface area contributed by atoms with E-state index >= 15 is 0 Å². The van der Waals surface area contributed by atoms with Gasteiger partial charge in [0.2, 0.25) is 0 Å². The Bertz CT molecular complexity index is 662. The van der Waals surface area contributed by atoms with Gasteiger partial charge in [-0.1, -0.05) is 12.1 Å². The molecule has 0 aliphatic carbocycles. The van der Waals surface area contributed by atoms with E-state index in [9.17, 15) is 9.18 Å². The number of aromatic nitrogens is 2. The van der Waals surface area contributed by atoms with Crippen molar-refractivity contribution in [1.29, 1.82) is 0 Å². The molecular formula is C16H20FN5O. The minimum absolute atomic E-state index is 0.240. The highest BCUT2D eigenvalue weighted by atomic mass is 19.1. The summed E-state index contributed by atoms with van der Waals surface area (Å²) in [5.74, 6) is -0.299. The van der Waals surface area contributed by atoms with Crippen LogP contribution >= 0.6 is 0 Å². The van der Waals surface area contributed by atoms with Crippen molar-refractivity contribution in [1.82, 2.24) is 20.2 Å². The number of para-hydroxylation sites is 1. The van der Waals surface area contributed by atoms with Crippen LogP contribution in [0.5, 0.6) is 0 Å². The van der Waals surface area contributed by atoms with E-state index in [0.717, 1.165) is 13.0 Å². The van der Waals surface area contributed by atoms with Gasteiger partial charge in [0.05, 0.1) is 5.69 Å². The van der Waals surface area contributed by atoms with Gasteiger partial charge in [-0.05, 0) is 39.2 Å². The maximum Gasteiger partial charge on any atom is 0.270 e. The second-order valence-corrected chi connectivity index (χ2v) is 5.31. The highest BCUT2D eigenvalue weighted by Gasteiger charge is 2.09. The van der Waals surface area contributed by atoms with Crippen LogP contribution in [-0.4, -0.2) is 48.0 Å². The first-order chi connectivity index (χ1) is 11.1. The Morgan fingerprint density at radius 3 is 2.78 bits per heavy atom. The zero-order valence-electron chi connectivity index (χ0n) is 13.2. The highest BCUT2D eigenvalue weighted by Crippen LogP contribution is 2.17. The van der Waals surface area contributed by atoms with Crippen LogP contribution in [0.2, 0.25) is 0 Å². The number of benzene rings is 1. The van der Waals surface area contributed by atoms with Gasteiger partial charge < -0.3 is 15.5 Å². The first-order valence-electron chi connectivity index (χ1n) is 7.33. The topological polar surface area (TPSA) is 70.2 Å². The fourth-order valence-corrected chi connectivity index (χ4v) is 1.94. The molecule has 0 fully saturated rings. The first-order valence-corrected chi connectivity index (χ1v) is 7.33. The smallest absolute Gasteiger partial charge is 0.270 e. The number of hydrogen-bond acceptors (Lipinski definition) is 5. The lowest BCUT2D eigenvalue weighted by Gasteiger charge is -2.10. The molecule has 23 heavy (non-hydrogen) atoms. The molecule has 0 radical (unpaired) electrons. The minimum Gasteiger partial charge on any atom is -0.351 e. The summed E-state index contributed by atoms with van der Waals surface area (Å²) < 4.78 is 13.6. The summed E-state index contributed by atoms with van der Waals surface area (Å²) in [7, 11) is 3.96. The molecule has 0 atom stereocenters. The number of halogens is 1. The fraction of sp³-hybridized carbons (Fsp3) is 0.312. The maximum atomic E-state index is 13.6. The Hall–Kier alpha value is -2.54. The molecule has 1 heterocycles. The summed E-state index contributed by atoms with van der Waals surface area (Å²) in [6.45, 7) is 1.46. The van der Waals surface area contributed by atoms with Gasteiger partial charge in [0.15, 0.2) is 0 Å². The molecule has 0 aliphatic rings. The lowest BCUT2D eigenvalue weighted by Crippen LogP contribution is -2.27. The molecule has 2 aromatic rings. The number of rotatable bonds is 7. The fourth-order valence-electron chi connectivity index (χ4n) is 1.94. The van der Waals surface area contributed by atoms with E-state index in [4.69, 9.17) is 0 Å². The van der Waals surface area contributed by atoms with Crippen LogP contribution in [0.1, 0.15) is 16.9 Å². The number of amides is 1. The van der Waals surface area contributed by atoms with Crippen LogP contribution < -0.4 is 10.6 Å². The van der Waals surface area contributed by atoms with Gasteiger partial charge >= 0.3 is 0 Å². The average Bonchev–Trinajstić information content (AvgIpc) is 2.54. The average molecular weight is 317 g/mol. The Morgan fingerprint density at radius 2 is 2.04 bits per heavy atom. The molecule has 0 bridgehead atoms. The van der Waals surface area contributed by atoms with Gasteiger partial charge in [-0.3, -0.25) is 4.79 Å². The summed E-state index contributed by atoms with van der Waals surface area (Å²) >= 11 is 0. The van der Waals surface area contributed by atoms with Crippen molar-refractivity contribution >= 4 is 17.4 Å². The quantitative estimate of drug-likeness (QED) is 0.765. The number of carbonyl (C=O) groups excluding carboxylic acids is 1. The number of hydrogen-bond donors (Lipinski definition) is 2. The second-order valence-electron chi connectivity index (χ2n) is 5.31. The van der Waals surface area contributed by atoms with E-state index in [0.29, 0.717) is 18.1 Å². The summed E-state index contributed by atoms with van der Waals surface area (Å²) in [5.41, 5.74) is 0.534. The number of carbonyl (C=O) groups is 1. The number of nitrogens with one attached hydrogen (secondary N) is 2. The Morgan fingerprint density at radius 1 is 1.26 bits per heavy atom. The third kappa shape index (κ3) is 5.30. The molecule has 0 saturated heterocycles. The van der Waals surface area contributed by atoms with Gasteiger partial charge in [0.25, 0.3) is 5.91 Å². The molecule has 122 valence electrons.